The van der Waals surface area contributed by atoms with E-state index in [-0.39, 0.29) is 4.92 Å². The number of nitro groups is 1. The van der Waals surface area contributed by atoms with Gasteiger partial charge >= 0.3 is 0 Å². The van der Waals surface area contributed by atoms with Crippen molar-refractivity contribution in [2.45, 2.75) is 39.5 Å². The number of hydrogen-bond acceptors (Lipinski definition) is 2. The van der Waals surface area contributed by atoms with E-state index in [9.17, 15) is 10.1 Å². The van der Waals surface area contributed by atoms with Crippen LogP contribution in [0.5, 0.6) is 0 Å². The molecule has 0 fully saturated rings. The lowest BCUT2D eigenvalue weighted by molar-refractivity contribution is -0.428. The average molecular weight is 157 g/mol. The van der Waals surface area contributed by atoms with Crippen LogP contribution in [-0.2, 0) is 0 Å². The normalized spacial score (nSPS) is 11.6. The largest absolute Gasteiger partial charge is 0.259 e. The maximum atomic E-state index is 10.3. The lowest BCUT2D eigenvalue weighted by Crippen LogP contribution is -1.97. The molecule has 0 rings (SSSR count). The van der Waals surface area contributed by atoms with Crippen LogP contribution in [0.25, 0.3) is 0 Å². The molecule has 0 radical (unpaired) electrons. The third-order valence-electron chi connectivity index (χ3n) is 1.60. The van der Waals surface area contributed by atoms with Gasteiger partial charge in [0.1, 0.15) is 0 Å². The standard InChI is InChI=1S/C8H15NO2/c1-3-5-6-7-8(4-2)9(10)11/h4H,3,5-7H2,1-2H3. The molecule has 0 unspecified atom stereocenters. The van der Waals surface area contributed by atoms with Gasteiger partial charge in [-0.25, -0.2) is 0 Å². The number of unbranched alkanes of at least 4 members (excludes halogenated alkanes) is 2. The van der Waals surface area contributed by atoms with E-state index in [1.54, 1.807) is 13.0 Å². The fourth-order valence-corrected chi connectivity index (χ4v) is 0.897. The number of rotatable bonds is 5. The van der Waals surface area contributed by atoms with Crippen LogP contribution in [-0.4, -0.2) is 4.92 Å². The maximum Gasteiger partial charge on any atom is 0.242 e. The van der Waals surface area contributed by atoms with Gasteiger partial charge in [-0.05, 0) is 19.4 Å². The molecule has 0 saturated carbocycles. The summed E-state index contributed by atoms with van der Waals surface area (Å²) in [6.45, 7) is 3.80. The van der Waals surface area contributed by atoms with Crippen LogP contribution in [0.2, 0.25) is 0 Å². The second-order valence-electron chi connectivity index (χ2n) is 2.49. The second-order valence-corrected chi connectivity index (χ2v) is 2.49. The molecular weight excluding hydrogens is 142 g/mol. The van der Waals surface area contributed by atoms with Crippen molar-refractivity contribution in [2.75, 3.05) is 0 Å². The molecule has 3 heteroatoms. The molecule has 0 aromatic heterocycles. The first kappa shape index (κ1) is 10.1. The van der Waals surface area contributed by atoms with Gasteiger partial charge < -0.3 is 0 Å². The molecule has 0 amide bonds. The third-order valence-corrected chi connectivity index (χ3v) is 1.60. The first-order valence-electron chi connectivity index (χ1n) is 4.02. The van der Waals surface area contributed by atoms with E-state index in [0.717, 1.165) is 19.3 Å². The fraction of sp³-hybridized carbons (Fsp3) is 0.750. The van der Waals surface area contributed by atoms with Crippen LogP contribution in [0.1, 0.15) is 39.5 Å². The first-order chi connectivity index (χ1) is 5.22. The molecule has 0 spiro atoms. The third kappa shape index (κ3) is 4.53. The lowest BCUT2D eigenvalue weighted by Gasteiger charge is -1.95. The minimum Gasteiger partial charge on any atom is -0.259 e. The molecule has 64 valence electrons. The molecule has 3 nitrogen and oxygen atoms in total. The molecule has 0 aromatic rings. The smallest absolute Gasteiger partial charge is 0.242 e. The Bertz CT molecular complexity index is 152. The number of nitrogens with zero attached hydrogens (tertiary/aromatic N) is 1. The molecule has 0 heterocycles. The summed E-state index contributed by atoms with van der Waals surface area (Å²) in [4.78, 5) is 9.97. The van der Waals surface area contributed by atoms with Gasteiger partial charge in [-0.2, -0.15) is 0 Å². The predicted molar refractivity (Wildman–Crippen MR) is 44.9 cm³/mol. The van der Waals surface area contributed by atoms with Gasteiger partial charge in [0.15, 0.2) is 0 Å². The van der Waals surface area contributed by atoms with Crippen LogP contribution in [0.4, 0.5) is 0 Å². The molecule has 0 aromatic carbocycles. The zero-order valence-electron chi connectivity index (χ0n) is 7.17. The quantitative estimate of drug-likeness (QED) is 0.350. The van der Waals surface area contributed by atoms with Gasteiger partial charge in [0.25, 0.3) is 0 Å². The highest BCUT2D eigenvalue weighted by Crippen LogP contribution is 2.08. The Kier molecular flexibility index (Phi) is 5.43. The molecule has 0 aliphatic carbocycles. The van der Waals surface area contributed by atoms with Crippen molar-refractivity contribution in [3.05, 3.63) is 21.9 Å². The Labute approximate surface area is 67.3 Å². The van der Waals surface area contributed by atoms with Crippen LogP contribution in [0, 0.1) is 10.1 Å². The van der Waals surface area contributed by atoms with Crippen molar-refractivity contribution in [3.8, 4) is 0 Å². The molecule has 0 N–H and O–H groups in total. The van der Waals surface area contributed by atoms with Gasteiger partial charge in [0.05, 0.1) is 4.92 Å². The minimum absolute atomic E-state index is 0.296. The summed E-state index contributed by atoms with van der Waals surface area (Å²) >= 11 is 0. The van der Waals surface area contributed by atoms with Crippen molar-refractivity contribution >= 4 is 0 Å². The van der Waals surface area contributed by atoms with E-state index in [2.05, 4.69) is 6.92 Å². The Morgan fingerprint density at radius 2 is 2.18 bits per heavy atom. The van der Waals surface area contributed by atoms with E-state index in [4.69, 9.17) is 0 Å². The molecule has 0 atom stereocenters. The highest BCUT2D eigenvalue weighted by molar-refractivity contribution is 4.88. The maximum absolute atomic E-state index is 10.3. The Balaban J connectivity index is 3.63. The van der Waals surface area contributed by atoms with Gasteiger partial charge in [-0.1, -0.05) is 19.8 Å². The van der Waals surface area contributed by atoms with Crippen molar-refractivity contribution in [1.82, 2.24) is 0 Å². The molecule has 0 saturated heterocycles. The summed E-state index contributed by atoms with van der Waals surface area (Å²) in [5.74, 6) is 0. The van der Waals surface area contributed by atoms with Crippen molar-refractivity contribution in [1.29, 1.82) is 0 Å². The van der Waals surface area contributed by atoms with Gasteiger partial charge in [-0.3, -0.25) is 10.1 Å². The molecule has 0 aliphatic heterocycles. The Morgan fingerprint density at radius 1 is 1.55 bits per heavy atom. The summed E-state index contributed by atoms with van der Waals surface area (Å²) in [6, 6.07) is 0. The van der Waals surface area contributed by atoms with Crippen molar-refractivity contribution in [3.63, 3.8) is 0 Å². The highest BCUT2D eigenvalue weighted by atomic mass is 16.6. The molecular formula is C8H15NO2. The second kappa shape index (κ2) is 5.89. The lowest BCUT2D eigenvalue weighted by atomic mass is 10.1. The first-order valence-corrected chi connectivity index (χ1v) is 4.02. The average Bonchev–Trinajstić information content (AvgIpc) is 1.97. The molecule has 0 bridgehead atoms. The highest BCUT2D eigenvalue weighted by Gasteiger charge is 2.06. The zero-order chi connectivity index (χ0) is 8.69. The van der Waals surface area contributed by atoms with E-state index >= 15 is 0 Å². The van der Waals surface area contributed by atoms with E-state index < -0.39 is 0 Å². The SMILES string of the molecule is CC=C(CCCCC)[N+](=O)[O-]. The van der Waals surface area contributed by atoms with Gasteiger partial charge in [0, 0.05) is 6.42 Å². The molecule has 0 aliphatic rings. The predicted octanol–water partition coefficient (Wildman–Crippen LogP) is 2.75. The summed E-state index contributed by atoms with van der Waals surface area (Å²) in [5, 5.41) is 10.3. The minimum atomic E-state index is -0.296. The summed E-state index contributed by atoms with van der Waals surface area (Å²) in [5.41, 5.74) is 0.346. The number of allylic oxidation sites excluding steroid dienone is 2. The zero-order valence-corrected chi connectivity index (χ0v) is 7.17. The van der Waals surface area contributed by atoms with Crippen molar-refractivity contribution in [2.24, 2.45) is 0 Å². The summed E-state index contributed by atoms with van der Waals surface area (Å²) in [6.07, 6.45) is 5.30. The van der Waals surface area contributed by atoms with Crippen LogP contribution < -0.4 is 0 Å². The van der Waals surface area contributed by atoms with Crippen molar-refractivity contribution < 1.29 is 4.92 Å². The summed E-state index contributed by atoms with van der Waals surface area (Å²) < 4.78 is 0. The number of hydrogen-bond donors (Lipinski definition) is 0. The van der Waals surface area contributed by atoms with E-state index in [0.29, 0.717) is 12.1 Å². The fourth-order valence-electron chi connectivity index (χ4n) is 0.897. The van der Waals surface area contributed by atoms with Crippen LogP contribution >= 0.6 is 0 Å². The Hall–Kier alpha value is -0.860. The summed E-state index contributed by atoms with van der Waals surface area (Å²) in [7, 11) is 0. The van der Waals surface area contributed by atoms with E-state index in [1.165, 1.54) is 0 Å². The van der Waals surface area contributed by atoms with Crippen LogP contribution in [0.15, 0.2) is 11.8 Å². The molecule has 11 heavy (non-hydrogen) atoms. The van der Waals surface area contributed by atoms with E-state index in [1.807, 2.05) is 0 Å². The van der Waals surface area contributed by atoms with Crippen LogP contribution in [0.3, 0.4) is 0 Å². The topological polar surface area (TPSA) is 43.1 Å². The van der Waals surface area contributed by atoms with Gasteiger partial charge in [0.2, 0.25) is 5.70 Å². The monoisotopic (exact) mass is 157 g/mol. The van der Waals surface area contributed by atoms with Gasteiger partial charge in [-0.15, -0.1) is 0 Å². The Morgan fingerprint density at radius 3 is 2.55 bits per heavy atom.